The zero-order valence-corrected chi connectivity index (χ0v) is 9.89. The average molecular weight is 245 g/mol. The molecule has 0 atom stereocenters. The first-order chi connectivity index (χ1) is 8.70. The lowest BCUT2D eigenvalue weighted by molar-refractivity contribution is -0.137. The molecule has 0 saturated carbocycles. The number of aromatic nitrogens is 1. The normalized spacial score (nSPS) is 11.0. The summed E-state index contributed by atoms with van der Waals surface area (Å²) in [6.45, 7) is 2.01. The van der Waals surface area contributed by atoms with E-state index in [1.807, 2.05) is 0 Å². The number of ether oxygens (including phenoxy) is 1. The zero-order valence-electron chi connectivity index (χ0n) is 9.89. The summed E-state index contributed by atoms with van der Waals surface area (Å²) in [7, 11) is 0. The number of hydrogen-bond donors (Lipinski definition) is 0. The third-order valence-electron chi connectivity index (χ3n) is 2.41. The van der Waals surface area contributed by atoms with Crippen molar-refractivity contribution >= 4 is 22.9 Å². The molecule has 4 heteroatoms. The van der Waals surface area contributed by atoms with Gasteiger partial charge < -0.3 is 4.74 Å². The number of pyridine rings is 1. The molecule has 0 N–H and O–H groups in total. The topological polar surface area (TPSA) is 39.2 Å². The van der Waals surface area contributed by atoms with E-state index in [-0.39, 0.29) is 0 Å². The van der Waals surface area contributed by atoms with Crippen LogP contribution < -0.4 is 0 Å². The minimum atomic E-state index is -0.488. The van der Waals surface area contributed by atoms with E-state index in [9.17, 15) is 9.18 Å². The van der Waals surface area contributed by atoms with Crippen LogP contribution in [0.5, 0.6) is 0 Å². The van der Waals surface area contributed by atoms with Gasteiger partial charge in [-0.15, -0.1) is 0 Å². The van der Waals surface area contributed by atoms with E-state index >= 15 is 0 Å². The number of rotatable bonds is 3. The molecule has 0 radical (unpaired) electrons. The van der Waals surface area contributed by atoms with Crippen molar-refractivity contribution in [3.63, 3.8) is 0 Å². The summed E-state index contributed by atoms with van der Waals surface area (Å²) >= 11 is 0. The fourth-order valence-electron chi connectivity index (χ4n) is 1.58. The Balaban J connectivity index is 2.33. The van der Waals surface area contributed by atoms with Gasteiger partial charge >= 0.3 is 5.97 Å². The minimum absolute atomic E-state index is 0.297. The second kappa shape index (κ2) is 5.40. The minimum Gasteiger partial charge on any atom is -0.463 e. The molecular weight excluding hydrogens is 233 g/mol. The maximum atomic E-state index is 13.7. The Morgan fingerprint density at radius 1 is 1.50 bits per heavy atom. The van der Waals surface area contributed by atoms with Crippen LogP contribution in [0.4, 0.5) is 4.39 Å². The Labute approximate surface area is 104 Å². The van der Waals surface area contributed by atoms with Crippen molar-refractivity contribution in [2.45, 2.75) is 6.92 Å². The van der Waals surface area contributed by atoms with E-state index in [0.717, 1.165) is 5.39 Å². The molecule has 0 unspecified atom stereocenters. The summed E-state index contributed by atoms with van der Waals surface area (Å²) < 4.78 is 18.5. The van der Waals surface area contributed by atoms with Gasteiger partial charge in [0.15, 0.2) is 0 Å². The first kappa shape index (κ1) is 12.2. The maximum absolute atomic E-state index is 13.7. The third kappa shape index (κ3) is 2.71. The molecule has 0 amide bonds. The Kier molecular flexibility index (Phi) is 3.67. The fraction of sp³-hybridized carbons (Fsp3) is 0.143. The number of fused-ring (bicyclic) bond motifs is 1. The van der Waals surface area contributed by atoms with Crippen molar-refractivity contribution in [2.24, 2.45) is 0 Å². The second-order valence-corrected chi connectivity index (χ2v) is 3.66. The molecule has 0 aliphatic rings. The summed E-state index contributed by atoms with van der Waals surface area (Å²) in [5.41, 5.74) is 0.997. The highest BCUT2D eigenvalue weighted by Gasteiger charge is 2.03. The highest BCUT2D eigenvalue weighted by Crippen LogP contribution is 2.18. The van der Waals surface area contributed by atoms with Gasteiger partial charge in [-0.2, -0.15) is 0 Å². The molecule has 0 spiro atoms. The van der Waals surface area contributed by atoms with Gasteiger partial charge in [0.25, 0.3) is 0 Å². The van der Waals surface area contributed by atoms with Gasteiger partial charge in [0.05, 0.1) is 12.1 Å². The molecule has 18 heavy (non-hydrogen) atoms. The standard InChI is InChI=1S/C14H12FNO2/c1-2-18-14(17)6-5-10-9-13-11(8-12(10)15)4-3-7-16-13/h3-9H,2H2,1H3/b6-5+. The first-order valence-corrected chi connectivity index (χ1v) is 5.60. The van der Waals surface area contributed by atoms with Crippen LogP contribution in [-0.4, -0.2) is 17.6 Å². The van der Waals surface area contributed by atoms with Crippen molar-refractivity contribution in [1.29, 1.82) is 0 Å². The molecule has 0 saturated heterocycles. The SMILES string of the molecule is CCOC(=O)/C=C/c1cc2ncccc2cc1F. The number of halogens is 1. The Bertz CT molecular complexity index is 608. The van der Waals surface area contributed by atoms with Crippen LogP contribution >= 0.6 is 0 Å². The van der Waals surface area contributed by atoms with Crippen LogP contribution in [0, 0.1) is 5.82 Å². The van der Waals surface area contributed by atoms with E-state index in [1.165, 1.54) is 18.2 Å². The molecule has 0 aliphatic heterocycles. The summed E-state index contributed by atoms with van der Waals surface area (Å²) in [5, 5.41) is 0.725. The van der Waals surface area contributed by atoms with Crippen LogP contribution in [0.1, 0.15) is 12.5 Å². The van der Waals surface area contributed by atoms with Crippen LogP contribution in [0.25, 0.3) is 17.0 Å². The Morgan fingerprint density at radius 2 is 2.33 bits per heavy atom. The van der Waals surface area contributed by atoms with Gasteiger partial charge in [-0.25, -0.2) is 9.18 Å². The highest BCUT2D eigenvalue weighted by atomic mass is 19.1. The van der Waals surface area contributed by atoms with Gasteiger partial charge in [-0.3, -0.25) is 4.98 Å². The maximum Gasteiger partial charge on any atom is 0.330 e. The van der Waals surface area contributed by atoms with E-state index in [4.69, 9.17) is 4.74 Å². The molecule has 2 aromatic rings. The van der Waals surface area contributed by atoms with Gasteiger partial charge in [0.2, 0.25) is 0 Å². The van der Waals surface area contributed by atoms with Crippen molar-refractivity contribution in [3.05, 3.63) is 47.9 Å². The summed E-state index contributed by atoms with van der Waals surface area (Å²) in [5.74, 6) is -0.880. The predicted molar refractivity (Wildman–Crippen MR) is 67.4 cm³/mol. The van der Waals surface area contributed by atoms with Crippen LogP contribution in [0.15, 0.2) is 36.5 Å². The molecule has 0 fully saturated rings. The summed E-state index contributed by atoms with van der Waals surface area (Å²) in [6, 6.07) is 6.52. The number of carbonyl (C=O) groups is 1. The molecule has 0 aliphatic carbocycles. The molecule has 92 valence electrons. The molecule has 1 aromatic carbocycles. The van der Waals surface area contributed by atoms with Crippen molar-refractivity contribution in [3.8, 4) is 0 Å². The van der Waals surface area contributed by atoms with Crippen LogP contribution in [-0.2, 0) is 9.53 Å². The van der Waals surface area contributed by atoms with E-state index in [0.29, 0.717) is 17.7 Å². The number of esters is 1. The van der Waals surface area contributed by atoms with Crippen LogP contribution in [0.3, 0.4) is 0 Å². The lowest BCUT2D eigenvalue weighted by atomic mass is 10.1. The monoisotopic (exact) mass is 245 g/mol. The van der Waals surface area contributed by atoms with E-state index < -0.39 is 11.8 Å². The lowest BCUT2D eigenvalue weighted by Crippen LogP contribution is -1.98. The molecular formula is C14H12FNO2. The average Bonchev–Trinajstić information content (AvgIpc) is 2.36. The summed E-state index contributed by atoms with van der Waals surface area (Å²) in [4.78, 5) is 15.3. The van der Waals surface area contributed by atoms with Gasteiger partial charge in [-0.05, 0) is 31.2 Å². The predicted octanol–water partition coefficient (Wildman–Crippen LogP) is 2.95. The van der Waals surface area contributed by atoms with Crippen molar-refractivity contribution in [1.82, 2.24) is 4.98 Å². The largest absolute Gasteiger partial charge is 0.463 e. The molecule has 1 heterocycles. The molecule has 2 rings (SSSR count). The van der Waals surface area contributed by atoms with Crippen LogP contribution in [0.2, 0.25) is 0 Å². The van der Waals surface area contributed by atoms with Crippen molar-refractivity contribution < 1.29 is 13.9 Å². The number of nitrogens with zero attached hydrogens (tertiary/aromatic N) is 1. The quantitative estimate of drug-likeness (QED) is 0.616. The number of hydrogen-bond acceptors (Lipinski definition) is 3. The smallest absolute Gasteiger partial charge is 0.330 e. The Morgan fingerprint density at radius 3 is 3.11 bits per heavy atom. The highest BCUT2D eigenvalue weighted by molar-refractivity contribution is 5.88. The van der Waals surface area contributed by atoms with Crippen molar-refractivity contribution in [2.75, 3.05) is 6.61 Å². The third-order valence-corrected chi connectivity index (χ3v) is 2.41. The van der Waals surface area contributed by atoms with Gasteiger partial charge in [0.1, 0.15) is 5.82 Å². The van der Waals surface area contributed by atoms with Gasteiger partial charge in [-0.1, -0.05) is 6.07 Å². The molecule has 1 aromatic heterocycles. The fourth-order valence-corrected chi connectivity index (χ4v) is 1.58. The number of carbonyl (C=O) groups excluding carboxylic acids is 1. The zero-order chi connectivity index (χ0) is 13.0. The molecule has 3 nitrogen and oxygen atoms in total. The van der Waals surface area contributed by atoms with E-state index in [1.54, 1.807) is 31.3 Å². The van der Waals surface area contributed by atoms with E-state index in [2.05, 4.69) is 4.98 Å². The number of benzene rings is 1. The summed E-state index contributed by atoms with van der Waals surface area (Å²) in [6.07, 6.45) is 4.23. The van der Waals surface area contributed by atoms with Gasteiger partial charge in [0, 0.05) is 23.2 Å². The first-order valence-electron chi connectivity index (χ1n) is 5.60. The molecule has 0 bridgehead atoms. The Hall–Kier alpha value is -2.23. The lowest BCUT2D eigenvalue weighted by Gasteiger charge is -2.01. The second-order valence-electron chi connectivity index (χ2n) is 3.66.